The lowest BCUT2D eigenvalue weighted by atomic mass is 10.2. The summed E-state index contributed by atoms with van der Waals surface area (Å²) in [5.41, 5.74) is 0. The lowest BCUT2D eigenvalue weighted by molar-refractivity contribution is -0.128. The van der Waals surface area contributed by atoms with Gasteiger partial charge in [0, 0.05) is 26.2 Å². The molecule has 0 radical (unpaired) electrons. The first-order chi connectivity index (χ1) is 7.69. The van der Waals surface area contributed by atoms with E-state index in [1.807, 2.05) is 14.0 Å². The van der Waals surface area contributed by atoms with Crippen LogP contribution < -0.4 is 5.32 Å². The van der Waals surface area contributed by atoms with E-state index >= 15 is 0 Å². The van der Waals surface area contributed by atoms with Gasteiger partial charge in [0.2, 0.25) is 5.91 Å². The number of likely N-dealkylation sites (tertiary alicyclic amines) is 1. The molecule has 0 spiro atoms. The Morgan fingerprint density at radius 3 is 2.88 bits per heavy atom. The van der Waals surface area contributed by atoms with Gasteiger partial charge in [-0.05, 0) is 32.9 Å². The van der Waals surface area contributed by atoms with E-state index in [4.69, 9.17) is 0 Å². The Bertz CT molecular complexity index is 220. The van der Waals surface area contributed by atoms with Gasteiger partial charge in [-0.3, -0.25) is 9.69 Å². The van der Waals surface area contributed by atoms with E-state index in [0.29, 0.717) is 12.6 Å². The molecular weight excluding hydrogens is 202 g/mol. The second kappa shape index (κ2) is 6.86. The van der Waals surface area contributed by atoms with Crippen molar-refractivity contribution in [3.8, 4) is 0 Å². The molecule has 1 fully saturated rings. The molecule has 1 unspecified atom stereocenters. The summed E-state index contributed by atoms with van der Waals surface area (Å²) in [5.74, 6) is 0.184. The van der Waals surface area contributed by atoms with E-state index in [9.17, 15) is 4.79 Å². The third kappa shape index (κ3) is 3.76. The minimum atomic E-state index is 0.184. The average Bonchev–Trinajstić information content (AvgIpc) is 2.75. The first-order valence-corrected chi connectivity index (χ1v) is 6.37. The highest BCUT2D eigenvalue weighted by Crippen LogP contribution is 2.15. The predicted molar refractivity (Wildman–Crippen MR) is 66.4 cm³/mol. The summed E-state index contributed by atoms with van der Waals surface area (Å²) < 4.78 is 0. The van der Waals surface area contributed by atoms with Crippen molar-refractivity contribution in [2.75, 3.05) is 39.8 Å². The largest absolute Gasteiger partial charge is 0.345 e. The number of carbonyl (C=O) groups is 1. The van der Waals surface area contributed by atoms with Crippen molar-refractivity contribution < 1.29 is 4.79 Å². The summed E-state index contributed by atoms with van der Waals surface area (Å²) in [5, 5.41) is 3.27. The van der Waals surface area contributed by atoms with E-state index in [1.165, 1.54) is 19.4 Å². The molecule has 1 heterocycles. The molecule has 0 aliphatic carbocycles. The number of nitrogens with one attached hydrogen (secondary N) is 1. The molecule has 1 aliphatic heterocycles. The highest BCUT2D eigenvalue weighted by atomic mass is 16.2. The van der Waals surface area contributed by atoms with Crippen molar-refractivity contribution in [3.05, 3.63) is 0 Å². The first-order valence-electron chi connectivity index (χ1n) is 6.37. The molecule has 4 nitrogen and oxygen atoms in total. The molecule has 0 bridgehead atoms. The number of carbonyl (C=O) groups excluding carboxylic acids is 1. The fraction of sp³-hybridized carbons (Fsp3) is 0.917. The van der Waals surface area contributed by atoms with E-state index in [-0.39, 0.29) is 5.91 Å². The third-order valence-corrected chi connectivity index (χ3v) is 3.46. The van der Waals surface area contributed by atoms with Crippen molar-refractivity contribution in [2.45, 2.75) is 32.7 Å². The van der Waals surface area contributed by atoms with Crippen LogP contribution in [0.15, 0.2) is 0 Å². The van der Waals surface area contributed by atoms with Crippen LogP contribution in [0.2, 0.25) is 0 Å². The van der Waals surface area contributed by atoms with Gasteiger partial charge in [0.25, 0.3) is 0 Å². The number of amides is 1. The van der Waals surface area contributed by atoms with E-state index in [2.05, 4.69) is 17.1 Å². The van der Waals surface area contributed by atoms with Gasteiger partial charge in [0.15, 0.2) is 0 Å². The lowest BCUT2D eigenvalue weighted by Crippen LogP contribution is -2.42. The zero-order valence-electron chi connectivity index (χ0n) is 10.8. The van der Waals surface area contributed by atoms with Crippen LogP contribution in [0.25, 0.3) is 0 Å². The molecule has 16 heavy (non-hydrogen) atoms. The second-order valence-electron chi connectivity index (χ2n) is 4.46. The summed E-state index contributed by atoms with van der Waals surface area (Å²) in [4.78, 5) is 15.8. The van der Waals surface area contributed by atoms with Crippen molar-refractivity contribution >= 4 is 5.91 Å². The van der Waals surface area contributed by atoms with Gasteiger partial charge in [0.05, 0.1) is 6.54 Å². The van der Waals surface area contributed by atoms with Gasteiger partial charge in [-0.2, -0.15) is 0 Å². The van der Waals surface area contributed by atoms with Gasteiger partial charge < -0.3 is 10.2 Å². The SMILES string of the molecule is CCN(C)C(=O)CNCC1CCCN1CC. The first kappa shape index (κ1) is 13.5. The van der Waals surface area contributed by atoms with Gasteiger partial charge >= 0.3 is 0 Å². The number of hydrogen-bond acceptors (Lipinski definition) is 3. The van der Waals surface area contributed by atoms with Crippen molar-refractivity contribution in [1.82, 2.24) is 15.1 Å². The van der Waals surface area contributed by atoms with Crippen LogP contribution in [-0.2, 0) is 4.79 Å². The minimum Gasteiger partial charge on any atom is -0.345 e. The van der Waals surface area contributed by atoms with Gasteiger partial charge in [-0.15, -0.1) is 0 Å². The molecule has 1 atom stereocenters. The third-order valence-electron chi connectivity index (χ3n) is 3.46. The normalized spacial score (nSPS) is 21.3. The zero-order chi connectivity index (χ0) is 12.0. The van der Waals surface area contributed by atoms with E-state index in [0.717, 1.165) is 19.6 Å². The number of likely N-dealkylation sites (N-methyl/N-ethyl adjacent to an activating group) is 2. The summed E-state index contributed by atoms with van der Waals surface area (Å²) in [6, 6.07) is 0.629. The molecule has 1 rings (SSSR count). The van der Waals surface area contributed by atoms with Gasteiger partial charge in [-0.25, -0.2) is 0 Å². The maximum atomic E-state index is 11.5. The van der Waals surface area contributed by atoms with Crippen LogP contribution in [0, 0.1) is 0 Å². The number of nitrogens with zero attached hydrogens (tertiary/aromatic N) is 2. The number of hydrogen-bond donors (Lipinski definition) is 1. The summed E-state index contributed by atoms with van der Waals surface area (Å²) in [6.45, 7) is 8.73. The summed E-state index contributed by atoms with van der Waals surface area (Å²) in [6.07, 6.45) is 2.56. The van der Waals surface area contributed by atoms with Gasteiger partial charge in [0.1, 0.15) is 0 Å². The zero-order valence-corrected chi connectivity index (χ0v) is 10.8. The molecule has 4 heteroatoms. The van der Waals surface area contributed by atoms with Crippen LogP contribution in [-0.4, -0.2) is 61.5 Å². The van der Waals surface area contributed by atoms with Crippen molar-refractivity contribution in [2.24, 2.45) is 0 Å². The molecular formula is C12H25N3O. The predicted octanol–water partition coefficient (Wildman–Crippen LogP) is 0.539. The molecule has 1 saturated heterocycles. The maximum absolute atomic E-state index is 11.5. The Morgan fingerprint density at radius 1 is 1.50 bits per heavy atom. The molecule has 1 N–H and O–H groups in total. The molecule has 1 aliphatic rings. The Hall–Kier alpha value is -0.610. The number of rotatable bonds is 6. The fourth-order valence-electron chi connectivity index (χ4n) is 2.20. The van der Waals surface area contributed by atoms with Crippen LogP contribution in [0.1, 0.15) is 26.7 Å². The van der Waals surface area contributed by atoms with Crippen LogP contribution >= 0.6 is 0 Å². The molecule has 0 saturated carbocycles. The average molecular weight is 227 g/mol. The Kier molecular flexibility index (Phi) is 5.77. The fourth-order valence-corrected chi connectivity index (χ4v) is 2.20. The summed E-state index contributed by atoms with van der Waals surface area (Å²) in [7, 11) is 1.85. The summed E-state index contributed by atoms with van der Waals surface area (Å²) >= 11 is 0. The second-order valence-corrected chi connectivity index (χ2v) is 4.46. The molecule has 94 valence electrons. The van der Waals surface area contributed by atoms with E-state index < -0.39 is 0 Å². The van der Waals surface area contributed by atoms with Crippen molar-refractivity contribution in [3.63, 3.8) is 0 Å². The Labute approximate surface area is 99.0 Å². The highest BCUT2D eigenvalue weighted by Gasteiger charge is 2.22. The molecule has 1 amide bonds. The molecule has 0 aromatic heterocycles. The van der Waals surface area contributed by atoms with Crippen LogP contribution in [0.4, 0.5) is 0 Å². The Morgan fingerprint density at radius 2 is 2.25 bits per heavy atom. The topological polar surface area (TPSA) is 35.6 Å². The van der Waals surface area contributed by atoms with Crippen LogP contribution in [0.3, 0.4) is 0 Å². The van der Waals surface area contributed by atoms with Crippen LogP contribution in [0.5, 0.6) is 0 Å². The Balaban J connectivity index is 2.17. The monoisotopic (exact) mass is 227 g/mol. The quantitative estimate of drug-likeness (QED) is 0.719. The highest BCUT2D eigenvalue weighted by molar-refractivity contribution is 5.77. The van der Waals surface area contributed by atoms with Gasteiger partial charge in [-0.1, -0.05) is 6.92 Å². The molecule has 0 aromatic rings. The molecule has 0 aromatic carbocycles. The van der Waals surface area contributed by atoms with E-state index in [1.54, 1.807) is 4.90 Å². The minimum absolute atomic E-state index is 0.184. The maximum Gasteiger partial charge on any atom is 0.236 e. The van der Waals surface area contributed by atoms with Crippen molar-refractivity contribution in [1.29, 1.82) is 0 Å². The lowest BCUT2D eigenvalue weighted by Gasteiger charge is -2.23. The standard InChI is InChI=1S/C12H25N3O/c1-4-14(3)12(16)10-13-9-11-7-6-8-15(11)5-2/h11,13H,4-10H2,1-3H3. The smallest absolute Gasteiger partial charge is 0.236 e.